The minimum atomic E-state index is 0.785. The van der Waals surface area contributed by atoms with Crippen LogP contribution in [-0.4, -0.2) is 5.21 Å². The zero-order valence-electron chi connectivity index (χ0n) is 7.10. The van der Waals surface area contributed by atoms with Crippen LogP contribution in [0.4, 0.5) is 5.69 Å². The van der Waals surface area contributed by atoms with Crippen LogP contribution in [0.1, 0.15) is 16.7 Å². The molecular weight excluding hydrogens is 138 g/mol. The topological polar surface area (TPSA) is 32.3 Å². The SMILES string of the molecule is Cc1ccc(NO)c(C)c1C. The summed E-state index contributed by atoms with van der Waals surface area (Å²) in [5, 5.41) is 8.68. The summed E-state index contributed by atoms with van der Waals surface area (Å²) < 4.78 is 0. The lowest BCUT2D eigenvalue weighted by molar-refractivity contribution is 0.388. The van der Waals surface area contributed by atoms with E-state index in [-0.39, 0.29) is 0 Å². The molecule has 0 aromatic heterocycles. The van der Waals surface area contributed by atoms with Gasteiger partial charge in [0.2, 0.25) is 0 Å². The summed E-state index contributed by atoms with van der Waals surface area (Å²) in [5.41, 5.74) is 6.53. The van der Waals surface area contributed by atoms with Gasteiger partial charge in [0.15, 0.2) is 0 Å². The van der Waals surface area contributed by atoms with E-state index in [0.29, 0.717) is 0 Å². The summed E-state index contributed by atoms with van der Waals surface area (Å²) >= 11 is 0. The maximum atomic E-state index is 8.68. The Morgan fingerprint density at radius 2 is 1.73 bits per heavy atom. The molecule has 0 spiro atoms. The molecule has 0 aliphatic carbocycles. The first-order valence-electron chi connectivity index (χ1n) is 3.63. The molecule has 1 rings (SSSR count). The summed E-state index contributed by atoms with van der Waals surface area (Å²) in [4.78, 5) is 0. The van der Waals surface area contributed by atoms with Crippen molar-refractivity contribution in [3.63, 3.8) is 0 Å². The van der Waals surface area contributed by atoms with Gasteiger partial charge in [-0.05, 0) is 43.5 Å². The van der Waals surface area contributed by atoms with E-state index in [1.54, 1.807) is 0 Å². The van der Waals surface area contributed by atoms with Crippen molar-refractivity contribution in [2.24, 2.45) is 0 Å². The van der Waals surface area contributed by atoms with Gasteiger partial charge in [0.05, 0.1) is 5.69 Å². The highest BCUT2D eigenvalue weighted by molar-refractivity contribution is 5.54. The van der Waals surface area contributed by atoms with E-state index in [1.165, 1.54) is 11.1 Å². The fraction of sp³-hybridized carbons (Fsp3) is 0.333. The average molecular weight is 151 g/mol. The summed E-state index contributed by atoms with van der Waals surface area (Å²) in [6.45, 7) is 6.09. The van der Waals surface area contributed by atoms with Gasteiger partial charge in [0, 0.05) is 0 Å². The summed E-state index contributed by atoms with van der Waals surface area (Å²) in [7, 11) is 0. The van der Waals surface area contributed by atoms with Crippen molar-refractivity contribution in [2.45, 2.75) is 20.8 Å². The molecule has 0 aliphatic heterocycles. The minimum absolute atomic E-state index is 0.785. The smallest absolute Gasteiger partial charge is 0.0634 e. The van der Waals surface area contributed by atoms with E-state index >= 15 is 0 Å². The van der Waals surface area contributed by atoms with Crippen LogP contribution < -0.4 is 5.48 Å². The Morgan fingerprint density at radius 3 is 2.27 bits per heavy atom. The lowest BCUT2D eigenvalue weighted by Gasteiger charge is -2.08. The van der Waals surface area contributed by atoms with Crippen molar-refractivity contribution < 1.29 is 5.21 Å². The Balaban J connectivity index is 3.25. The predicted octanol–water partition coefficient (Wildman–Crippen LogP) is 2.41. The second-order valence-corrected chi connectivity index (χ2v) is 2.79. The van der Waals surface area contributed by atoms with E-state index in [9.17, 15) is 0 Å². The summed E-state index contributed by atoms with van der Waals surface area (Å²) in [6.07, 6.45) is 0. The van der Waals surface area contributed by atoms with Gasteiger partial charge in [-0.1, -0.05) is 6.07 Å². The summed E-state index contributed by atoms with van der Waals surface area (Å²) in [6, 6.07) is 3.86. The molecule has 0 atom stereocenters. The molecule has 0 heterocycles. The highest BCUT2D eigenvalue weighted by atomic mass is 16.5. The van der Waals surface area contributed by atoms with Crippen molar-refractivity contribution in [1.29, 1.82) is 0 Å². The lowest BCUT2D eigenvalue weighted by Crippen LogP contribution is -1.95. The van der Waals surface area contributed by atoms with E-state index < -0.39 is 0 Å². The molecular formula is C9H13NO. The first-order chi connectivity index (χ1) is 5.16. The molecule has 2 heteroatoms. The Hall–Kier alpha value is -1.02. The van der Waals surface area contributed by atoms with Crippen LogP contribution in [0, 0.1) is 20.8 Å². The number of hydrogen-bond acceptors (Lipinski definition) is 2. The van der Waals surface area contributed by atoms with Crippen LogP contribution >= 0.6 is 0 Å². The first-order valence-corrected chi connectivity index (χ1v) is 3.63. The second-order valence-electron chi connectivity index (χ2n) is 2.79. The van der Waals surface area contributed by atoms with Gasteiger partial charge in [-0.15, -0.1) is 0 Å². The third kappa shape index (κ3) is 1.35. The average Bonchev–Trinajstić information content (AvgIpc) is 2.01. The van der Waals surface area contributed by atoms with E-state index in [0.717, 1.165) is 11.3 Å². The number of nitrogens with one attached hydrogen (secondary N) is 1. The molecule has 0 unspecified atom stereocenters. The number of anilines is 1. The first kappa shape index (κ1) is 8.08. The van der Waals surface area contributed by atoms with E-state index in [1.807, 2.05) is 26.0 Å². The zero-order valence-corrected chi connectivity index (χ0v) is 7.10. The van der Waals surface area contributed by atoms with Gasteiger partial charge in [-0.3, -0.25) is 10.7 Å². The maximum absolute atomic E-state index is 8.68. The van der Waals surface area contributed by atoms with Gasteiger partial charge in [0.1, 0.15) is 0 Å². The summed E-state index contributed by atoms with van der Waals surface area (Å²) in [5.74, 6) is 0. The molecule has 0 saturated heterocycles. The Kier molecular flexibility index (Phi) is 2.15. The van der Waals surface area contributed by atoms with E-state index in [4.69, 9.17) is 5.21 Å². The van der Waals surface area contributed by atoms with Gasteiger partial charge in [-0.25, -0.2) is 0 Å². The molecule has 60 valence electrons. The maximum Gasteiger partial charge on any atom is 0.0634 e. The fourth-order valence-electron chi connectivity index (χ4n) is 1.08. The number of rotatable bonds is 1. The fourth-order valence-corrected chi connectivity index (χ4v) is 1.08. The standard InChI is InChI=1S/C9H13NO/c1-6-4-5-9(10-11)8(3)7(6)2/h4-5,10-11H,1-3H3. The molecule has 0 radical (unpaired) electrons. The largest absolute Gasteiger partial charge is 0.291 e. The molecule has 1 aromatic rings. The lowest BCUT2D eigenvalue weighted by atomic mass is 10.0. The number of benzene rings is 1. The van der Waals surface area contributed by atoms with Crippen molar-refractivity contribution in [2.75, 3.05) is 5.48 Å². The second kappa shape index (κ2) is 2.93. The Bertz CT molecular complexity index is 269. The quantitative estimate of drug-likeness (QED) is 0.604. The van der Waals surface area contributed by atoms with Gasteiger partial charge >= 0.3 is 0 Å². The Morgan fingerprint density at radius 1 is 1.09 bits per heavy atom. The molecule has 0 amide bonds. The van der Waals surface area contributed by atoms with Crippen molar-refractivity contribution >= 4 is 5.69 Å². The predicted molar refractivity (Wildman–Crippen MR) is 46.1 cm³/mol. The van der Waals surface area contributed by atoms with Gasteiger partial charge in [-0.2, -0.15) is 0 Å². The molecule has 2 N–H and O–H groups in total. The monoisotopic (exact) mass is 151 g/mol. The van der Waals surface area contributed by atoms with Crippen molar-refractivity contribution in [3.8, 4) is 0 Å². The van der Waals surface area contributed by atoms with Crippen LogP contribution in [0.5, 0.6) is 0 Å². The number of hydrogen-bond donors (Lipinski definition) is 2. The van der Waals surface area contributed by atoms with Crippen molar-refractivity contribution in [3.05, 3.63) is 28.8 Å². The van der Waals surface area contributed by atoms with Crippen LogP contribution in [-0.2, 0) is 0 Å². The molecule has 0 fully saturated rings. The third-order valence-corrected chi connectivity index (χ3v) is 2.18. The van der Waals surface area contributed by atoms with Crippen LogP contribution in [0.25, 0.3) is 0 Å². The van der Waals surface area contributed by atoms with Crippen LogP contribution in [0.2, 0.25) is 0 Å². The molecule has 0 saturated carbocycles. The van der Waals surface area contributed by atoms with Crippen LogP contribution in [0.3, 0.4) is 0 Å². The molecule has 11 heavy (non-hydrogen) atoms. The third-order valence-electron chi connectivity index (χ3n) is 2.18. The molecule has 1 aromatic carbocycles. The molecule has 0 bridgehead atoms. The zero-order chi connectivity index (χ0) is 8.43. The van der Waals surface area contributed by atoms with E-state index in [2.05, 4.69) is 12.4 Å². The minimum Gasteiger partial charge on any atom is -0.291 e. The highest BCUT2D eigenvalue weighted by Crippen LogP contribution is 2.20. The van der Waals surface area contributed by atoms with Crippen LogP contribution in [0.15, 0.2) is 12.1 Å². The normalized spacial score (nSPS) is 9.82. The van der Waals surface area contributed by atoms with Gasteiger partial charge in [0.25, 0.3) is 0 Å². The number of aryl methyl sites for hydroxylation is 1. The molecule has 2 nitrogen and oxygen atoms in total. The van der Waals surface area contributed by atoms with Gasteiger partial charge < -0.3 is 0 Å². The molecule has 0 aliphatic rings. The Labute approximate surface area is 66.8 Å². The van der Waals surface area contributed by atoms with Crippen molar-refractivity contribution in [1.82, 2.24) is 0 Å². The highest BCUT2D eigenvalue weighted by Gasteiger charge is 2.00.